The van der Waals surface area contributed by atoms with Crippen molar-refractivity contribution in [3.8, 4) is 0 Å². The van der Waals surface area contributed by atoms with Crippen LogP contribution >= 0.6 is 0 Å². The fraction of sp³-hybridized carbons (Fsp3) is 0.385. The lowest BCUT2D eigenvalue weighted by molar-refractivity contribution is -0.122. The molecule has 1 aromatic rings. The van der Waals surface area contributed by atoms with E-state index in [1.807, 2.05) is 23.1 Å². The van der Waals surface area contributed by atoms with Gasteiger partial charge in [0.1, 0.15) is 0 Å². The second kappa shape index (κ2) is 5.10. The van der Waals surface area contributed by atoms with Gasteiger partial charge < -0.3 is 5.73 Å². The number of Topliss-reactive ketones (excluding diaryl/α,β-unsaturated/α-hetero) is 1. The highest BCUT2D eigenvalue weighted by molar-refractivity contribution is 5.98. The molecule has 4 nitrogen and oxygen atoms in total. The Bertz CT molecular complexity index is 417. The number of primary amides is 1. The fourth-order valence-electron chi connectivity index (χ4n) is 2.24. The van der Waals surface area contributed by atoms with Crippen LogP contribution in [0.1, 0.15) is 23.2 Å². The molecule has 0 radical (unpaired) electrons. The molecule has 0 spiro atoms. The first-order chi connectivity index (χ1) is 8.18. The minimum Gasteiger partial charge on any atom is -0.368 e. The van der Waals surface area contributed by atoms with Gasteiger partial charge >= 0.3 is 0 Å². The molecule has 0 aromatic heterocycles. The van der Waals surface area contributed by atoms with E-state index in [4.69, 9.17) is 5.73 Å². The Morgan fingerprint density at radius 1 is 1.29 bits per heavy atom. The van der Waals surface area contributed by atoms with Gasteiger partial charge in [-0.15, -0.1) is 0 Å². The van der Waals surface area contributed by atoms with E-state index in [1.165, 1.54) is 0 Å². The molecule has 1 aliphatic heterocycles. The number of amides is 1. The molecule has 17 heavy (non-hydrogen) atoms. The zero-order chi connectivity index (χ0) is 12.3. The lowest BCUT2D eigenvalue weighted by atomic mass is 10.1. The smallest absolute Gasteiger partial charge is 0.234 e. The van der Waals surface area contributed by atoms with Crippen LogP contribution in [0.2, 0.25) is 0 Å². The second-order valence-corrected chi connectivity index (χ2v) is 4.32. The van der Waals surface area contributed by atoms with Crippen molar-refractivity contribution in [3.63, 3.8) is 0 Å². The monoisotopic (exact) mass is 232 g/mol. The van der Waals surface area contributed by atoms with Crippen molar-refractivity contribution in [1.82, 2.24) is 4.90 Å². The Labute approximate surface area is 100 Å². The Balaban J connectivity index is 2.02. The van der Waals surface area contributed by atoms with Gasteiger partial charge in [0.15, 0.2) is 5.78 Å². The van der Waals surface area contributed by atoms with Gasteiger partial charge in [0.05, 0.1) is 12.6 Å². The predicted octanol–water partition coefficient (Wildman–Crippen LogP) is 0.819. The van der Waals surface area contributed by atoms with Crippen molar-refractivity contribution in [2.45, 2.75) is 18.9 Å². The zero-order valence-electron chi connectivity index (χ0n) is 9.63. The van der Waals surface area contributed by atoms with Crippen molar-refractivity contribution in [2.24, 2.45) is 5.73 Å². The van der Waals surface area contributed by atoms with Crippen LogP contribution in [-0.4, -0.2) is 35.7 Å². The molecule has 1 aromatic carbocycles. The Morgan fingerprint density at radius 2 is 2.00 bits per heavy atom. The summed E-state index contributed by atoms with van der Waals surface area (Å²) in [6.45, 7) is 1.05. The number of hydrogen-bond acceptors (Lipinski definition) is 3. The molecule has 4 heteroatoms. The van der Waals surface area contributed by atoms with Crippen LogP contribution in [0, 0.1) is 0 Å². The number of benzene rings is 1. The van der Waals surface area contributed by atoms with E-state index in [9.17, 15) is 9.59 Å². The number of nitrogens with two attached hydrogens (primary N) is 1. The Kier molecular flexibility index (Phi) is 3.54. The molecule has 90 valence electrons. The highest BCUT2D eigenvalue weighted by atomic mass is 16.1. The van der Waals surface area contributed by atoms with Gasteiger partial charge in [-0.25, -0.2) is 0 Å². The lowest BCUT2D eigenvalue weighted by Crippen LogP contribution is -2.42. The van der Waals surface area contributed by atoms with Crippen LogP contribution < -0.4 is 5.73 Å². The van der Waals surface area contributed by atoms with Crippen LogP contribution in [-0.2, 0) is 4.79 Å². The molecule has 1 heterocycles. The third-order valence-electron chi connectivity index (χ3n) is 3.13. The molecule has 0 aliphatic carbocycles. The number of nitrogens with zero attached hydrogens (tertiary/aromatic N) is 1. The Morgan fingerprint density at radius 3 is 2.65 bits per heavy atom. The number of rotatable bonds is 4. The van der Waals surface area contributed by atoms with Gasteiger partial charge in [0.25, 0.3) is 0 Å². The minimum absolute atomic E-state index is 0.0405. The number of ketones is 1. The molecular formula is C13H16N2O2. The summed E-state index contributed by atoms with van der Waals surface area (Å²) in [6.07, 6.45) is 1.69. The van der Waals surface area contributed by atoms with Crippen LogP contribution in [0.4, 0.5) is 0 Å². The topological polar surface area (TPSA) is 63.4 Å². The van der Waals surface area contributed by atoms with Crippen LogP contribution in [0.25, 0.3) is 0 Å². The third-order valence-corrected chi connectivity index (χ3v) is 3.13. The molecule has 0 saturated carbocycles. The van der Waals surface area contributed by atoms with Gasteiger partial charge in [0, 0.05) is 5.56 Å². The van der Waals surface area contributed by atoms with E-state index in [0.717, 1.165) is 19.4 Å². The molecule has 2 rings (SSSR count). The molecular weight excluding hydrogens is 216 g/mol. The first kappa shape index (κ1) is 11.8. The number of hydrogen-bond donors (Lipinski definition) is 1. The number of carbonyl (C=O) groups excluding carboxylic acids is 2. The minimum atomic E-state index is -0.330. The average Bonchev–Trinajstić information content (AvgIpc) is 2.78. The summed E-state index contributed by atoms with van der Waals surface area (Å²) < 4.78 is 0. The van der Waals surface area contributed by atoms with Crippen LogP contribution in [0.15, 0.2) is 30.3 Å². The summed E-state index contributed by atoms with van der Waals surface area (Å²) >= 11 is 0. The molecule has 1 saturated heterocycles. The van der Waals surface area contributed by atoms with Crippen molar-refractivity contribution in [1.29, 1.82) is 0 Å². The van der Waals surface area contributed by atoms with Gasteiger partial charge in [-0.1, -0.05) is 30.3 Å². The molecule has 1 aliphatic rings. The van der Waals surface area contributed by atoms with Crippen molar-refractivity contribution < 1.29 is 9.59 Å². The van der Waals surface area contributed by atoms with Gasteiger partial charge in [-0.2, -0.15) is 0 Å². The standard InChI is InChI=1S/C13H16N2O2/c14-13(17)11-7-4-8-15(11)9-12(16)10-5-2-1-3-6-10/h1-3,5-6,11H,4,7-9H2,(H2,14,17)/t11-/m0/s1. The van der Waals surface area contributed by atoms with E-state index in [-0.39, 0.29) is 24.3 Å². The fourth-order valence-corrected chi connectivity index (χ4v) is 2.24. The molecule has 0 unspecified atom stereocenters. The van der Waals surface area contributed by atoms with E-state index >= 15 is 0 Å². The lowest BCUT2D eigenvalue weighted by Gasteiger charge is -2.20. The molecule has 1 atom stereocenters. The normalized spacial score (nSPS) is 20.4. The van der Waals surface area contributed by atoms with Gasteiger partial charge in [-0.3, -0.25) is 14.5 Å². The maximum absolute atomic E-state index is 12.0. The second-order valence-electron chi connectivity index (χ2n) is 4.32. The Hall–Kier alpha value is -1.68. The first-order valence-electron chi connectivity index (χ1n) is 5.80. The van der Waals surface area contributed by atoms with Crippen molar-refractivity contribution in [2.75, 3.05) is 13.1 Å². The van der Waals surface area contributed by atoms with E-state index in [2.05, 4.69) is 0 Å². The van der Waals surface area contributed by atoms with Crippen molar-refractivity contribution in [3.05, 3.63) is 35.9 Å². The van der Waals surface area contributed by atoms with Gasteiger partial charge in [-0.05, 0) is 19.4 Å². The number of carbonyl (C=O) groups is 2. The summed E-state index contributed by atoms with van der Waals surface area (Å²) in [5.74, 6) is -0.290. The average molecular weight is 232 g/mol. The summed E-state index contributed by atoms with van der Waals surface area (Å²) in [4.78, 5) is 25.0. The highest BCUT2D eigenvalue weighted by Crippen LogP contribution is 2.17. The summed E-state index contributed by atoms with van der Waals surface area (Å²) in [5.41, 5.74) is 5.99. The maximum atomic E-state index is 12.0. The summed E-state index contributed by atoms with van der Waals surface area (Å²) in [6, 6.07) is 8.85. The van der Waals surface area contributed by atoms with E-state index in [1.54, 1.807) is 12.1 Å². The zero-order valence-corrected chi connectivity index (χ0v) is 9.63. The third kappa shape index (κ3) is 2.71. The predicted molar refractivity (Wildman–Crippen MR) is 64.6 cm³/mol. The van der Waals surface area contributed by atoms with Crippen LogP contribution in [0.3, 0.4) is 0 Å². The highest BCUT2D eigenvalue weighted by Gasteiger charge is 2.30. The van der Waals surface area contributed by atoms with E-state index in [0.29, 0.717) is 5.56 Å². The number of likely N-dealkylation sites (tertiary alicyclic amines) is 1. The SMILES string of the molecule is NC(=O)[C@@H]1CCCN1CC(=O)c1ccccc1. The molecule has 2 N–H and O–H groups in total. The van der Waals surface area contributed by atoms with Gasteiger partial charge in [0.2, 0.25) is 5.91 Å². The largest absolute Gasteiger partial charge is 0.368 e. The summed E-state index contributed by atoms with van der Waals surface area (Å²) in [7, 11) is 0. The maximum Gasteiger partial charge on any atom is 0.234 e. The molecule has 1 amide bonds. The van der Waals surface area contributed by atoms with E-state index < -0.39 is 0 Å². The molecule has 1 fully saturated rings. The first-order valence-corrected chi connectivity index (χ1v) is 5.80. The quantitative estimate of drug-likeness (QED) is 0.782. The molecule has 0 bridgehead atoms. The summed E-state index contributed by atoms with van der Waals surface area (Å²) in [5, 5.41) is 0. The van der Waals surface area contributed by atoms with Crippen molar-refractivity contribution >= 4 is 11.7 Å². The van der Waals surface area contributed by atoms with Crippen LogP contribution in [0.5, 0.6) is 0 Å².